The second-order valence-corrected chi connectivity index (χ2v) is 10.7. The first kappa shape index (κ1) is 24.6. The maximum Gasteiger partial charge on any atom is 0.226 e. The predicted molar refractivity (Wildman–Crippen MR) is 136 cm³/mol. The summed E-state index contributed by atoms with van der Waals surface area (Å²) in [6.07, 6.45) is 1.25. The van der Waals surface area contributed by atoms with E-state index in [1.807, 2.05) is 67.3 Å². The number of rotatable bonds is 4. The largest absolute Gasteiger partial charge is 0.384 e. The first-order valence-corrected chi connectivity index (χ1v) is 12.9. The second kappa shape index (κ2) is 9.78. The van der Waals surface area contributed by atoms with E-state index in [1.54, 1.807) is 0 Å². The molecule has 0 radical (unpaired) electrons. The van der Waals surface area contributed by atoms with Gasteiger partial charge in [-0.3, -0.25) is 4.79 Å². The van der Waals surface area contributed by atoms with Crippen LogP contribution in [0.5, 0.6) is 0 Å². The molecule has 3 aromatic carbocycles. The van der Waals surface area contributed by atoms with Crippen molar-refractivity contribution in [3.8, 4) is 0 Å². The van der Waals surface area contributed by atoms with E-state index >= 15 is 0 Å². The molecule has 1 saturated heterocycles. The Morgan fingerprint density at radius 1 is 0.889 bits per heavy atom. The van der Waals surface area contributed by atoms with Gasteiger partial charge in [0.15, 0.2) is 0 Å². The summed E-state index contributed by atoms with van der Waals surface area (Å²) >= 11 is 0. The molecular weight excluding hydrogens is 456 g/mol. The van der Waals surface area contributed by atoms with E-state index in [0.717, 1.165) is 17.2 Å². The zero-order valence-electron chi connectivity index (χ0n) is 20.8. The average Bonchev–Trinajstić information content (AvgIpc) is 3.32. The van der Waals surface area contributed by atoms with Crippen LogP contribution in [0.3, 0.4) is 0 Å². The van der Waals surface area contributed by atoms with E-state index in [2.05, 4.69) is 12.1 Å². The minimum Gasteiger partial charge on any atom is -0.384 e. The first-order chi connectivity index (χ1) is 17.3. The van der Waals surface area contributed by atoms with Gasteiger partial charge in [0, 0.05) is 36.9 Å². The molecule has 0 aromatic heterocycles. The molecule has 1 aliphatic heterocycles. The number of amides is 1. The molecule has 36 heavy (non-hydrogen) atoms. The number of hydrogen-bond donors (Lipinski definition) is 1. The van der Waals surface area contributed by atoms with Crippen LogP contribution in [0.1, 0.15) is 55.2 Å². The molecule has 1 heterocycles. The Hall–Kier alpha value is -3.05. The number of nitrogens with zero attached hydrogens (tertiary/aromatic N) is 1. The minimum absolute atomic E-state index is 0.00373. The van der Waals surface area contributed by atoms with Gasteiger partial charge in [-0.25, -0.2) is 8.78 Å². The zero-order chi connectivity index (χ0) is 25.4. The zero-order valence-corrected chi connectivity index (χ0v) is 20.8. The van der Waals surface area contributed by atoms with Crippen LogP contribution in [-0.2, 0) is 10.4 Å². The van der Waals surface area contributed by atoms with E-state index in [-0.39, 0.29) is 29.6 Å². The topological polar surface area (TPSA) is 40.5 Å². The number of carbonyl (C=O) groups is 1. The highest BCUT2D eigenvalue weighted by Gasteiger charge is 2.49. The molecule has 3 nitrogen and oxygen atoms in total. The fourth-order valence-electron chi connectivity index (χ4n) is 6.64. The van der Waals surface area contributed by atoms with Gasteiger partial charge in [-0.15, -0.1) is 0 Å². The van der Waals surface area contributed by atoms with Crippen molar-refractivity contribution >= 4 is 5.91 Å². The smallest absolute Gasteiger partial charge is 0.226 e. The van der Waals surface area contributed by atoms with Crippen molar-refractivity contribution in [1.82, 2.24) is 4.90 Å². The maximum atomic E-state index is 14.9. The van der Waals surface area contributed by atoms with Crippen LogP contribution in [0.4, 0.5) is 8.78 Å². The molecule has 2 aliphatic rings. The molecule has 2 fully saturated rings. The molecule has 2 unspecified atom stereocenters. The van der Waals surface area contributed by atoms with Crippen molar-refractivity contribution < 1.29 is 18.7 Å². The molecule has 1 aliphatic carbocycles. The molecule has 5 rings (SSSR count). The van der Waals surface area contributed by atoms with E-state index in [9.17, 15) is 18.7 Å². The Morgan fingerprint density at radius 3 is 2.11 bits per heavy atom. The van der Waals surface area contributed by atoms with Gasteiger partial charge in [0.25, 0.3) is 0 Å². The summed E-state index contributed by atoms with van der Waals surface area (Å²) in [4.78, 5) is 15.9. The highest BCUT2D eigenvalue weighted by Crippen LogP contribution is 2.50. The van der Waals surface area contributed by atoms with Gasteiger partial charge < -0.3 is 10.0 Å². The molecule has 3 aromatic rings. The Kier molecular flexibility index (Phi) is 6.69. The molecule has 1 N–H and O–H groups in total. The summed E-state index contributed by atoms with van der Waals surface area (Å²) in [7, 11) is 0. The molecule has 1 saturated carbocycles. The third-order valence-corrected chi connectivity index (χ3v) is 8.55. The number of likely N-dealkylation sites (tertiary alicyclic amines) is 1. The standard InChI is InChI=1S/C31H33F2NO2/c1-20-18-34(19-21(2)31(20,36)24-11-7-4-8-12-24)30(35)28-16-23(22-9-5-3-6-10-22)15-27(28)26-14-13-25(32)17-29(26)33/h3-14,17,20-21,23,27-28,36H,15-16,18-19H2,1-2H3/t20-,21+,23?,27-,28+,31?/m0/s1. The average molecular weight is 490 g/mol. The predicted octanol–water partition coefficient (Wildman–Crippen LogP) is 6.24. The number of benzene rings is 3. The van der Waals surface area contributed by atoms with Crippen LogP contribution in [0, 0.1) is 29.4 Å². The van der Waals surface area contributed by atoms with Crippen molar-refractivity contribution in [3.05, 3.63) is 107 Å². The first-order valence-electron chi connectivity index (χ1n) is 12.9. The third kappa shape index (κ3) is 4.34. The van der Waals surface area contributed by atoms with Crippen LogP contribution in [-0.4, -0.2) is 29.0 Å². The summed E-state index contributed by atoms with van der Waals surface area (Å²) in [5, 5.41) is 11.7. The number of hydrogen-bond acceptors (Lipinski definition) is 2. The summed E-state index contributed by atoms with van der Waals surface area (Å²) in [5.74, 6) is -2.16. The summed E-state index contributed by atoms with van der Waals surface area (Å²) in [5.41, 5.74) is 1.39. The van der Waals surface area contributed by atoms with Crippen molar-refractivity contribution in [1.29, 1.82) is 0 Å². The Labute approximate surface area is 211 Å². The lowest BCUT2D eigenvalue weighted by Gasteiger charge is -2.48. The highest BCUT2D eigenvalue weighted by molar-refractivity contribution is 5.81. The number of carbonyl (C=O) groups excluding carboxylic acids is 1. The van der Waals surface area contributed by atoms with Crippen LogP contribution < -0.4 is 0 Å². The van der Waals surface area contributed by atoms with Crippen molar-refractivity contribution in [2.45, 2.75) is 44.1 Å². The summed E-state index contributed by atoms with van der Waals surface area (Å²) in [6, 6.07) is 23.4. The van der Waals surface area contributed by atoms with Crippen LogP contribution in [0.25, 0.3) is 0 Å². The van der Waals surface area contributed by atoms with Crippen LogP contribution >= 0.6 is 0 Å². The third-order valence-electron chi connectivity index (χ3n) is 8.55. The molecule has 0 spiro atoms. The number of halogens is 2. The quantitative estimate of drug-likeness (QED) is 0.471. The lowest BCUT2D eigenvalue weighted by atomic mass is 9.70. The van der Waals surface area contributed by atoms with Gasteiger partial charge >= 0.3 is 0 Å². The molecule has 0 bridgehead atoms. The van der Waals surface area contributed by atoms with E-state index in [0.29, 0.717) is 31.5 Å². The summed E-state index contributed by atoms with van der Waals surface area (Å²) in [6.45, 7) is 4.84. The van der Waals surface area contributed by atoms with Crippen molar-refractivity contribution in [3.63, 3.8) is 0 Å². The van der Waals surface area contributed by atoms with E-state index in [1.165, 1.54) is 12.1 Å². The summed E-state index contributed by atoms with van der Waals surface area (Å²) < 4.78 is 28.6. The normalized spacial score (nSPS) is 30.4. The van der Waals surface area contributed by atoms with E-state index < -0.39 is 23.2 Å². The van der Waals surface area contributed by atoms with Crippen molar-refractivity contribution in [2.24, 2.45) is 17.8 Å². The van der Waals surface area contributed by atoms with Gasteiger partial charge in [-0.05, 0) is 47.4 Å². The van der Waals surface area contributed by atoms with Gasteiger partial charge in [-0.1, -0.05) is 80.6 Å². The monoisotopic (exact) mass is 489 g/mol. The highest BCUT2D eigenvalue weighted by atomic mass is 19.1. The Bertz CT molecular complexity index is 1200. The molecule has 6 atom stereocenters. The van der Waals surface area contributed by atoms with Gasteiger partial charge in [-0.2, -0.15) is 0 Å². The van der Waals surface area contributed by atoms with Crippen LogP contribution in [0.2, 0.25) is 0 Å². The minimum atomic E-state index is -1.03. The van der Waals surface area contributed by atoms with Crippen molar-refractivity contribution in [2.75, 3.05) is 13.1 Å². The lowest BCUT2D eigenvalue weighted by molar-refractivity contribution is -0.153. The Morgan fingerprint density at radius 2 is 1.50 bits per heavy atom. The number of piperidine rings is 1. The molecule has 188 valence electrons. The lowest BCUT2D eigenvalue weighted by Crippen LogP contribution is -2.56. The number of aliphatic hydroxyl groups is 1. The van der Waals surface area contributed by atoms with Gasteiger partial charge in [0.1, 0.15) is 11.6 Å². The van der Waals surface area contributed by atoms with Gasteiger partial charge in [0.2, 0.25) is 5.91 Å². The van der Waals surface area contributed by atoms with Gasteiger partial charge in [0.05, 0.1) is 5.60 Å². The fourth-order valence-corrected chi connectivity index (χ4v) is 6.64. The molecule has 5 heteroatoms. The molecule has 1 amide bonds. The second-order valence-electron chi connectivity index (χ2n) is 10.7. The van der Waals surface area contributed by atoms with E-state index in [4.69, 9.17) is 0 Å². The fraction of sp³-hybridized carbons (Fsp3) is 0.387. The Balaban J connectivity index is 1.43. The maximum absolute atomic E-state index is 14.9. The SMILES string of the molecule is C[C@@H]1CN(C(=O)[C@@H]2CC(c3ccccc3)C[C@H]2c2ccc(F)cc2F)C[C@H](C)C1(O)c1ccccc1. The van der Waals surface area contributed by atoms with Crippen LogP contribution in [0.15, 0.2) is 78.9 Å². The molecular formula is C31H33F2NO2.